The molecule has 2 aromatic rings. The minimum atomic E-state index is 0.136. The summed E-state index contributed by atoms with van der Waals surface area (Å²) in [5, 5.41) is 0. The highest BCUT2D eigenvalue weighted by Gasteiger charge is 2.45. The van der Waals surface area contributed by atoms with E-state index in [9.17, 15) is 4.79 Å². The van der Waals surface area contributed by atoms with Crippen molar-refractivity contribution < 1.29 is 9.53 Å². The molecular weight excluding hydrogens is 312 g/mol. The Bertz CT molecular complexity index is 726. The van der Waals surface area contributed by atoms with Crippen molar-refractivity contribution in [3.05, 3.63) is 60.2 Å². The molecule has 0 unspecified atom stereocenters. The summed E-state index contributed by atoms with van der Waals surface area (Å²) in [6.07, 6.45) is 2.19. The second-order valence-corrected chi connectivity index (χ2v) is 7.21. The van der Waals surface area contributed by atoms with Gasteiger partial charge in [-0.25, -0.2) is 0 Å². The number of rotatable bonds is 3. The molecule has 4 nitrogen and oxygen atoms in total. The van der Waals surface area contributed by atoms with E-state index in [1.165, 1.54) is 5.69 Å². The smallest absolute Gasteiger partial charge is 0.253 e. The van der Waals surface area contributed by atoms with Crippen molar-refractivity contribution in [2.24, 2.45) is 5.41 Å². The molecule has 2 fully saturated rings. The van der Waals surface area contributed by atoms with Gasteiger partial charge < -0.3 is 14.5 Å². The number of anilines is 1. The summed E-state index contributed by atoms with van der Waals surface area (Å²) >= 11 is 0. The van der Waals surface area contributed by atoms with Crippen molar-refractivity contribution in [3.8, 4) is 5.75 Å². The van der Waals surface area contributed by atoms with E-state index in [1.807, 2.05) is 29.2 Å². The molecule has 0 aliphatic carbocycles. The highest BCUT2D eigenvalue weighted by atomic mass is 16.5. The molecule has 4 heteroatoms. The third-order valence-corrected chi connectivity index (χ3v) is 5.62. The van der Waals surface area contributed by atoms with Crippen LogP contribution in [0.4, 0.5) is 5.69 Å². The Labute approximate surface area is 149 Å². The fourth-order valence-corrected chi connectivity index (χ4v) is 4.00. The lowest BCUT2D eigenvalue weighted by atomic mass is 9.71. The maximum Gasteiger partial charge on any atom is 0.253 e. The van der Waals surface area contributed by atoms with Gasteiger partial charge in [0.25, 0.3) is 5.91 Å². The van der Waals surface area contributed by atoms with Gasteiger partial charge in [0.05, 0.1) is 7.11 Å². The first-order valence-electron chi connectivity index (χ1n) is 8.92. The fraction of sp³-hybridized carbons (Fsp3) is 0.381. The van der Waals surface area contributed by atoms with Crippen LogP contribution in [0.2, 0.25) is 0 Å². The lowest BCUT2D eigenvalue weighted by Crippen LogP contribution is -2.61. The lowest BCUT2D eigenvalue weighted by Gasteiger charge is -2.55. The van der Waals surface area contributed by atoms with E-state index in [4.69, 9.17) is 4.74 Å². The average Bonchev–Trinajstić information content (AvgIpc) is 2.66. The van der Waals surface area contributed by atoms with E-state index in [0.717, 1.165) is 50.3 Å². The second kappa shape index (κ2) is 6.43. The molecule has 2 aliphatic rings. The molecule has 4 rings (SSSR count). The number of para-hydroxylation sites is 1. The monoisotopic (exact) mass is 336 g/mol. The van der Waals surface area contributed by atoms with Crippen LogP contribution in [0.1, 0.15) is 23.2 Å². The quantitative estimate of drug-likeness (QED) is 0.861. The Morgan fingerprint density at radius 3 is 2.20 bits per heavy atom. The summed E-state index contributed by atoms with van der Waals surface area (Å²) in [6, 6.07) is 18.0. The number of ether oxygens (including phenoxy) is 1. The number of likely N-dealkylation sites (tertiary alicyclic amines) is 1. The minimum absolute atomic E-state index is 0.136. The lowest BCUT2D eigenvalue weighted by molar-refractivity contribution is 0.0503. The molecule has 2 saturated heterocycles. The predicted octanol–water partition coefficient (Wildman–Crippen LogP) is 3.44. The summed E-state index contributed by atoms with van der Waals surface area (Å²) in [6.45, 7) is 3.93. The van der Waals surface area contributed by atoms with Crippen LogP contribution in [-0.4, -0.2) is 44.1 Å². The molecule has 0 N–H and O–H groups in total. The van der Waals surface area contributed by atoms with Crippen LogP contribution in [0.15, 0.2) is 54.6 Å². The molecule has 1 amide bonds. The highest BCUT2D eigenvalue weighted by molar-refractivity contribution is 5.94. The molecule has 2 heterocycles. The SMILES string of the molecule is COc1ccc(C(=O)N2CCC3(CC2)CN(c2ccccc2)C3)cc1. The summed E-state index contributed by atoms with van der Waals surface area (Å²) in [7, 11) is 1.64. The summed E-state index contributed by atoms with van der Waals surface area (Å²) in [5.74, 6) is 0.918. The van der Waals surface area contributed by atoms with Crippen LogP contribution in [-0.2, 0) is 0 Å². The van der Waals surface area contributed by atoms with Crippen LogP contribution in [0.3, 0.4) is 0 Å². The number of piperidine rings is 1. The van der Waals surface area contributed by atoms with E-state index in [2.05, 4.69) is 35.2 Å². The molecule has 0 aromatic heterocycles. The van der Waals surface area contributed by atoms with Crippen molar-refractivity contribution in [1.82, 2.24) is 4.90 Å². The Balaban J connectivity index is 1.33. The van der Waals surface area contributed by atoms with Gasteiger partial charge in [-0.05, 0) is 49.2 Å². The largest absolute Gasteiger partial charge is 0.497 e. The van der Waals surface area contributed by atoms with E-state index >= 15 is 0 Å². The number of carbonyl (C=O) groups is 1. The van der Waals surface area contributed by atoms with Gasteiger partial charge in [0.1, 0.15) is 5.75 Å². The van der Waals surface area contributed by atoms with Gasteiger partial charge in [-0.15, -0.1) is 0 Å². The number of amides is 1. The number of carbonyl (C=O) groups excluding carboxylic acids is 1. The first-order valence-corrected chi connectivity index (χ1v) is 8.92. The van der Waals surface area contributed by atoms with Gasteiger partial charge in [0, 0.05) is 42.8 Å². The van der Waals surface area contributed by atoms with Crippen LogP contribution < -0.4 is 9.64 Å². The topological polar surface area (TPSA) is 32.8 Å². The molecule has 2 aromatic carbocycles. The van der Waals surface area contributed by atoms with Gasteiger partial charge in [0.15, 0.2) is 0 Å². The van der Waals surface area contributed by atoms with Crippen molar-refractivity contribution >= 4 is 11.6 Å². The maximum atomic E-state index is 12.7. The van der Waals surface area contributed by atoms with Crippen LogP contribution in [0.25, 0.3) is 0 Å². The molecule has 1 spiro atoms. The maximum absolute atomic E-state index is 12.7. The molecule has 0 atom stereocenters. The molecule has 0 bridgehead atoms. The summed E-state index contributed by atoms with van der Waals surface area (Å²) in [4.78, 5) is 17.1. The average molecular weight is 336 g/mol. The van der Waals surface area contributed by atoms with Crippen LogP contribution >= 0.6 is 0 Å². The van der Waals surface area contributed by atoms with Crippen molar-refractivity contribution in [1.29, 1.82) is 0 Å². The van der Waals surface area contributed by atoms with E-state index in [1.54, 1.807) is 7.11 Å². The molecule has 25 heavy (non-hydrogen) atoms. The van der Waals surface area contributed by atoms with Gasteiger partial charge in [-0.3, -0.25) is 4.79 Å². The number of nitrogens with zero attached hydrogens (tertiary/aromatic N) is 2. The molecule has 130 valence electrons. The Morgan fingerprint density at radius 1 is 0.960 bits per heavy atom. The first-order chi connectivity index (χ1) is 12.2. The van der Waals surface area contributed by atoms with Crippen molar-refractivity contribution in [2.45, 2.75) is 12.8 Å². The van der Waals surface area contributed by atoms with E-state index < -0.39 is 0 Å². The number of hydrogen-bond donors (Lipinski definition) is 0. The first kappa shape index (κ1) is 16.0. The molecule has 0 saturated carbocycles. The van der Waals surface area contributed by atoms with Crippen LogP contribution in [0, 0.1) is 5.41 Å². The molecular formula is C21H24N2O2. The van der Waals surface area contributed by atoms with Crippen molar-refractivity contribution in [2.75, 3.05) is 38.2 Å². The fourth-order valence-electron chi connectivity index (χ4n) is 4.00. The highest BCUT2D eigenvalue weighted by Crippen LogP contribution is 2.42. The predicted molar refractivity (Wildman–Crippen MR) is 99.2 cm³/mol. The van der Waals surface area contributed by atoms with Gasteiger partial charge in [-0.2, -0.15) is 0 Å². The number of hydrogen-bond acceptors (Lipinski definition) is 3. The van der Waals surface area contributed by atoms with Crippen LogP contribution in [0.5, 0.6) is 5.75 Å². The van der Waals surface area contributed by atoms with Gasteiger partial charge >= 0.3 is 0 Å². The zero-order valence-electron chi connectivity index (χ0n) is 14.6. The standard InChI is InChI=1S/C21H24N2O2/c1-25-19-9-7-17(8-10-19)20(24)22-13-11-21(12-14-22)15-23(16-21)18-5-3-2-4-6-18/h2-10H,11-16H2,1H3. The van der Waals surface area contributed by atoms with Gasteiger partial charge in [0.2, 0.25) is 0 Å². The Morgan fingerprint density at radius 2 is 1.60 bits per heavy atom. The normalized spacial score (nSPS) is 18.8. The van der Waals surface area contributed by atoms with Crippen molar-refractivity contribution in [3.63, 3.8) is 0 Å². The number of benzene rings is 2. The third kappa shape index (κ3) is 3.09. The minimum Gasteiger partial charge on any atom is -0.497 e. The third-order valence-electron chi connectivity index (χ3n) is 5.62. The molecule has 2 aliphatic heterocycles. The Kier molecular flexibility index (Phi) is 4.12. The second-order valence-electron chi connectivity index (χ2n) is 7.21. The number of methoxy groups -OCH3 is 1. The Hall–Kier alpha value is -2.49. The van der Waals surface area contributed by atoms with E-state index in [0.29, 0.717) is 5.41 Å². The molecule has 0 radical (unpaired) electrons. The summed E-state index contributed by atoms with van der Waals surface area (Å²) < 4.78 is 5.16. The van der Waals surface area contributed by atoms with E-state index in [-0.39, 0.29) is 5.91 Å². The summed E-state index contributed by atoms with van der Waals surface area (Å²) in [5.41, 5.74) is 2.45. The zero-order chi connectivity index (χ0) is 17.3. The van der Waals surface area contributed by atoms with Gasteiger partial charge in [-0.1, -0.05) is 18.2 Å². The zero-order valence-corrected chi connectivity index (χ0v) is 14.6.